The number of ether oxygens (including phenoxy) is 1. The van der Waals surface area contributed by atoms with Crippen LogP contribution in [-0.2, 0) is 11.3 Å². The Morgan fingerprint density at radius 2 is 2.04 bits per heavy atom. The van der Waals surface area contributed by atoms with Gasteiger partial charge in [0.1, 0.15) is 0 Å². The van der Waals surface area contributed by atoms with Crippen molar-refractivity contribution in [3.05, 3.63) is 46.7 Å². The average molecular weight is 363 g/mol. The minimum absolute atomic E-state index is 0.184. The minimum Gasteiger partial charge on any atom is -0.381 e. The van der Waals surface area contributed by atoms with Crippen molar-refractivity contribution < 1.29 is 9.53 Å². The van der Waals surface area contributed by atoms with Crippen LogP contribution in [0.1, 0.15) is 35.3 Å². The lowest BCUT2D eigenvalue weighted by atomic mass is 9.96. The monoisotopic (exact) mass is 362 g/mol. The molecule has 3 rings (SSSR count). The number of benzene rings is 1. The highest BCUT2D eigenvalue weighted by Gasteiger charge is 2.23. The molecule has 7 heteroatoms. The van der Waals surface area contributed by atoms with Crippen molar-refractivity contribution in [1.82, 2.24) is 19.9 Å². The Morgan fingerprint density at radius 1 is 1.32 bits per heavy atom. The summed E-state index contributed by atoms with van der Waals surface area (Å²) in [7, 11) is 1.79. The fraction of sp³-hybridized carbons (Fsp3) is 0.500. The molecule has 1 aromatic carbocycles. The molecule has 0 unspecified atom stereocenters. The number of aromatic nitrogens is 3. The zero-order chi connectivity index (χ0) is 17.6. The molecule has 1 aliphatic heterocycles. The van der Waals surface area contributed by atoms with Gasteiger partial charge in [0.25, 0.3) is 5.91 Å². The quantitative estimate of drug-likeness (QED) is 0.792. The van der Waals surface area contributed by atoms with Crippen LogP contribution >= 0.6 is 11.6 Å². The summed E-state index contributed by atoms with van der Waals surface area (Å²) in [6.45, 7) is 2.82. The first-order valence-electron chi connectivity index (χ1n) is 8.61. The normalized spacial score (nSPS) is 15.3. The van der Waals surface area contributed by atoms with E-state index in [0.717, 1.165) is 38.0 Å². The first kappa shape index (κ1) is 17.9. The first-order chi connectivity index (χ1) is 12.1. The number of hydrogen-bond donors (Lipinski definition) is 0. The number of carbonyl (C=O) groups excluding carboxylic acids is 1. The summed E-state index contributed by atoms with van der Waals surface area (Å²) in [5.41, 5.74) is 1.27. The highest BCUT2D eigenvalue weighted by Crippen LogP contribution is 2.20. The van der Waals surface area contributed by atoms with Crippen LogP contribution in [0.2, 0.25) is 5.15 Å². The third-order valence-electron chi connectivity index (χ3n) is 4.61. The maximum atomic E-state index is 12.6. The van der Waals surface area contributed by atoms with Crippen LogP contribution in [0.5, 0.6) is 0 Å². The fourth-order valence-electron chi connectivity index (χ4n) is 2.98. The number of nitrogens with zero attached hydrogens (tertiary/aromatic N) is 4. The third kappa shape index (κ3) is 4.58. The van der Waals surface area contributed by atoms with Gasteiger partial charge in [-0.3, -0.25) is 4.79 Å². The summed E-state index contributed by atoms with van der Waals surface area (Å²) in [5, 5.41) is 8.32. The van der Waals surface area contributed by atoms with Crippen LogP contribution < -0.4 is 0 Å². The Labute approximate surface area is 152 Å². The van der Waals surface area contributed by atoms with Gasteiger partial charge in [-0.1, -0.05) is 47.1 Å². The van der Waals surface area contributed by atoms with Crippen LogP contribution in [0, 0.1) is 5.92 Å². The van der Waals surface area contributed by atoms with Gasteiger partial charge in [-0.05, 0) is 30.7 Å². The first-order valence-corrected chi connectivity index (χ1v) is 8.99. The van der Waals surface area contributed by atoms with E-state index in [1.54, 1.807) is 16.6 Å². The van der Waals surface area contributed by atoms with E-state index in [1.807, 2.05) is 30.3 Å². The molecule has 1 fully saturated rings. The Balaban J connectivity index is 1.59. The zero-order valence-corrected chi connectivity index (χ0v) is 15.2. The van der Waals surface area contributed by atoms with Gasteiger partial charge in [0.2, 0.25) is 0 Å². The largest absolute Gasteiger partial charge is 0.381 e. The molecule has 25 heavy (non-hydrogen) atoms. The van der Waals surface area contributed by atoms with E-state index < -0.39 is 0 Å². The minimum atomic E-state index is -0.184. The van der Waals surface area contributed by atoms with Gasteiger partial charge in [0.05, 0.1) is 6.54 Å². The SMILES string of the molecule is CN(CCC1CCOCC1)C(=O)c1nnn(Cc2ccccc2)c1Cl. The van der Waals surface area contributed by atoms with E-state index in [0.29, 0.717) is 19.0 Å². The summed E-state index contributed by atoms with van der Waals surface area (Å²) in [6, 6.07) is 9.83. The van der Waals surface area contributed by atoms with Crippen molar-refractivity contribution >= 4 is 17.5 Å². The lowest BCUT2D eigenvalue weighted by Crippen LogP contribution is -2.30. The molecule has 0 spiro atoms. The molecule has 0 saturated carbocycles. The van der Waals surface area contributed by atoms with Crippen molar-refractivity contribution in [3.8, 4) is 0 Å². The lowest BCUT2D eigenvalue weighted by molar-refractivity contribution is 0.0582. The standard InChI is InChI=1S/C18H23ClN4O2/c1-22(10-7-14-8-11-25-12-9-14)18(24)16-17(19)23(21-20-16)13-15-5-3-2-4-6-15/h2-6,14H,7-13H2,1H3. The summed E-state index contributed by atoms with van der Waals surface area (Å²) in [4.78, 5) is 14.3. The van der Waals surface area contributed by atoms with Gasteiger partial charge >= 0.3 is 0 Å². The number of carbonyl (C=O) groups is 1. The number of amides is 1. The molecule has 0 N–H and O–H groups in total. The van der Waals surface area contributed by atoms with E-state index in [-0.39, 0.29) is 16.8 Å². The molecule has 6 nitrogen and oxygen atoms in total. The molecular weight excluding hydrogens is 340 g/mol. The predicted molar refractivity (Wildman–Crippen MR) is 95.7 cm³/mol. The second-order valence-electron chi connectivity index (χ2n) is 6.44. The molecule has 2 aromatic rings. The maximum absolute atomic E-state index is 12.6. The van der Waals surface area contributed by atoms with Crippen LogP contribution in [0.4, 0.5) is 0 Å². The van der Waals surface area contributed by atoms with Crippen molar-refractivity contribution in [1.29, 1.82) is 0 Å². The summed E-state index contributed by atoms with van der Waals surface area (Å²) in [5.74, 6) is 0.435. The molecule has 1 aliphatic rings. The van der Waals surface area contributed by atoms with Gasteiger partial charge in [0.15, 0.2) is 10.8 Å². The lowest BCUT2D eigenvalue weighted by Gasteiger charge is -2.24. The Bertz CT molecular complexity index is 698. The summed E-state index contributed by atoms with van der Waals surface area (Å²) in [6.07, 6.45) is 3.10. The van der Waals surface area contributed by atoms with E-state index in [1.165, 1.54) is 0 Å². The van der Waals surface area contributed by atoms with Crippen LogP contribution in [-0.4, -0.2) is 52.6 Å². The molecular formula is C18H23ClN4O2. The van der Waals surface area contributed by atoms with Gasteiger partial charge in [-0.25, -0.2) is 4.68 Å². The molecule has 1 amide bonds. The van der Waals surface area contributed by atoms with Gasteiger partial charge in [-0.15, -0.1) is 5.10 Å². The molecule has 134 valence electrons. The molecule has 2 heterocycles. The third-order valence-corrected chi connectivity index (χ3v) is 4.99. The van der Waals surface area contributed by atoms with E-state index in [4.69, 9.17) is 16.3 Å². The highest BCUT2D eigenvalue weighted by molar-refractivity contribution is 6.32. The second kappa shape index (κ2) is 8.45. The number of hydrogen-bond acceptors (Lipinski definition) is 4. The molecule has 0 radical (unpaired) electrons. The van der Waals surface area contributed by atoms with E-state index in [9.17, 15) is 4.79 Å². The summed E-state index contributed by atoms with van der Waals surface area (Å²) >= 11 is 6.34. The Morgan fingerprint density at radius 3 is 2.76 bits per heavy atom. The van der Waals surface area contributed by atoms with Gasteiger partial charge in [0, 0.05) is 26.8 Å². The van der Waals surface area contributed by atoms with Gasteiger partial charge in [-0.2, -0.15) is 0 Å². The predicted octanol–water partition coefficient (Wildman–Crippen LogP) is 2.87. The van der Waals surface area contributed by atoms with Crippen molar-refractivity contribution in [3.63, 3.8) is 0 Å². The van der Waals surface area contributed by atoms with Crippen LogP contribution in [0.3, 0.4) is 0 Å². The second-order valence-corrected chi connectivity index (χ2v) is 6.80. The molecule has 0 aliphatic carbocycles. The van der Waals surface area contributed by atoms with Crippen molar-refractivity contribution in [2.45, 2.75) is 25.8 Å². The van der Waals surface area contributed by atoms with Gasteiger partial charge < -0.3 is 9.64 Å². The maximum Gasteiger partial charge on any atom is 0.277 e. The smallest absolute Gasteiger partial charge is 0.277 e. The van der Waals surface area contributed by atoms with Crippen molar-refractivity contribution in [2.24, 2.45) is 5.92 Å². The van der Waals surface area contributed by atoms with E-state index in [2.05, 4.69) is 10.3 Å². The average Bonchev–Trinajstić information content (AvgIpc) is 3.01. The van der Waals surface area contributed by atoms with Crippen molar-refractivity contribution in [2.75, 3.05) is 26.8 Å². The van der Waals surface area contributed by atoms with Crippen LogP contribution in [0.25, 0.3) is 0 Å². The van der Waals surface area contributed by atoms with Crippen LogP contribution in [0.15, 0.2) is 30.3 Å². The number of rotatable bonds is 6. The topological polar surface area (TPSA) is 60.2 Å². The molecule has 1 aromatic heterocycles. The Kier molecular flexibility index (Phi) is 6.04. The molecule has 0 bridgehead atoms. The molecule has 1 saturated heterocycles. The Hall–Kier alpha value is -1.92. The highest BCUT2D eigenvalue weighted by atomic mass is 35.5. The fourth-order valence-corrected chi connectivity index (χ4v) is 3.20. The molecule has 0 atom stereocenters. The number of halogens is 1. The zero-order valence-electron chi connectivity index (χ0n) is 14.4. The summed E-state index contributed by atoms with van der Waals surface area (Å²) < 4.78 is 6.92. The van der Waals surface area contributed by atoms with E-state index >= 15 is 0 Å².